The zero-order valence-corrected chi connectivity index (χ0v) is 10.4. The van der Waals surface area contributed by atoms with Crippen LogP contribution in [0.3, 0.4) is 0 Å². The van der Waals surface area contributed by atoms with Crippen molar-refractivity contribution in [2.45, 2.75) is 13.3 Å². The van der Waals surface area contributed by atoms with E-state index < -0.39 is 0 Å². The summed E-state index contributed by atoms with van der Waals surface area (Å²) < 4.78 is 10.1. The Labute approximate surface area is 113 Å². The second-order valence-electron chi connectivity index (χ2n) is 3.93. The van der Waals surface area contributed by atoms with Gasteiger partial charge in [-0.2, -0.15) is 10.2 Å². The van der Waals surface area contributed by atoms with Crippen molar-refractivity contribution in [2.24, 2.45) is 0 Å². The first kappa shape index (κ1) is 12.0. The van der Waals surface area contributed by atoms with Crippen LogP contribution in [0.1, 0.15) is 22.9 Å². The highest BCUT2D eigenvalue weighted by atomic mass is 16.5. The lowest BCUT2D eigenvalue weighted by Crippen LogP contribution is -1.93. The Morgan fingerprint density at radius 3 is 2.70 bits per heavy atom. The number of aromatic nitrogens is 5. The molecule has 0 aliphatic rings. The van der Waals surface area contributed by atoms with Gasteiger partial charge in [0.25, 0.3) is 0 Å². The summed E-state index contributed by atoms with van der Waals surface area (Å²) >= 11 is 0. The maximum absolute atomic E-state index is 9.01. The molecule has 0 saturated heterocycles. The number of aryl methyl sites for hydroxylation is 1. The topological polar surface area (TPSA) is 115 Å². The molecule has 0 N–H and O–H groups in total. The van der Waals surface area contributed by atoms with Gasteiger partial charge in [-0.25, -0.2) is 9.97 Å². The maximum atomic E-state index is 9.01. The predicted octanol–water partition coefficient (Wildman–Crippen LogP) is 1.29. The summed E-state index contributed by atoms with van der Waals surface area (Å²) in [4.78, 5) is 12.2. The van der Waals surface area contributed by atoms with Gasteiger partial charge in [0, 0.05) is 12.4 Å². The lowest BCUT2D eigenvalue weighted by atomic mass is 10.2. The first-order valence-corrected chi connectivity index (χ1v) is 5.73. The maximum Gasteiger partial charge on any atom is 0.240 e. The molecular formula is C12H8N6O2. The van der Waals surface area contributed by atoms with Gasteiger partial charge >= 0.3 is 0 Å². The lowest BCUT2D eigenvalue weighted by Gasteiger charge is -1.89. The van der Waals surface area contributed by atoms with Crippen molar-refractivity contribution in [1.29, 1.82) is 5.26 Å². The number of hydrogen-bond donors (Lipinski definition) is 0. The third kappa shape index (κ3) is 2.12. The highest BCUT2D eigenvalue weighted by Gasteiger charge is 2.17. The van der Waals surface area contributed by atoms with E-state index in [0.717, 1.165) is 0 Å². The number of nitrogens with zero attached hydrogens (tertiary/aromatic N) is 6. The molecule has 3 rings (SSSR count). The van der Waals surface area contributed by atoms with Crippen LogP contribution in [-0.2, 0) is 6.42 Å². The van der Waals surface area contributed by atoms with Gasteiger partial charge in [-0.15, -0.1) is 0 Å². The van der Waals surface area contributed by atoms with E-state index in [2.05, 4.69) is 25.3 Å². The predicted molar refractivity (Wildman–Crippen MR) is 64.1 cm³/mol. The van der Waals surface area contributed by atoms with E-state index in [1.807, 2.05) is 6.07 Å². The molecular weight excluding hydrogens is 260 g/mol. The molecule has 0 radical (unpaired) electrons. The summed E-state index contributed by atoms with van der Waals surface area (Å²) in [5, 5.41) is 16.6. The molecule has 0 atom stereocenters. The number of hydrogen-bond acceptors (Lipinski definition) is 8. The summed E-state index contributed by atoms with van der Waals surface area (Å²) in [6.07, 6.45) is 3.40. The van der Waals surface area contributed by atoms with Crippen molar-refractivity contribution < 1.29 is 9.05 Å². The van der Waals surface area contributed by atoms with Crippen LogP contribution in [0.15, 0.2) is 27.5 Å². The minimum absolute atomic E-state index is 0.222. The molecule has 3 aromatic heterocycles. The Hall–Kier alpha value is -3.08. The Balaban J connectivity index is 1.87. The van der Waals surface area contributed by atoms with Crippen molar-refractivity contribution >= 4 is 0 Å². The smallest absolute Gasteiger partial charge is 0.240 e. The van der Waals surface area contributed by atoms with Gasteiger partial charge in [0.15, 0.2) is 5.76 Å². The van der Waals surface area contributed by atoms with Gasteiger partial charge in [0.2, 0.25) is 17.5 Å². The molecule has 8 heteroatoms. The van der Waals surface area contributed by atoms with E-state index in [1.54, 1.807) is 25.4 Å². The highest BCUT2D eigenvalue weighted by Crippen LogP contribution is 2.16. The molecule has 3 aromatic rings. The minimum Gasteiger partial charge on any atom is -0.360 e. The van der Waals surface area contributed by atoms with E-state index in [1.165, 1.54) is 0 Å². The Kier molecular flexibility index (Phi) is 2.93. The highest BCUT2D eigenvalue weighted by molar-refractivity contribution is 5.41. The van der Waals surface area contributed by atoms with E-state index >= 15 is 0 Å². The Bertz CT molecular complexity index is 771. The Morgan fingerprint density at radius 1 is 1.15 bits per heavy atom. The minimum atomic E-state index is 0.222. The first-order chi connectivity index (χ1) is 9.78. The van der Waals surface area contributed by atoms with Gasteiger partial charge in [0.1, 0.15) is 17.3 Å². The summed E-state index contributed by atoms with van der Waals surface area (Å²) in [5.41, 5.74) is 0.856. The molecule has 0 aromatic carbocycles. The van der Waals surface area contributed by atoms with Crippen molar-refractivity contribution in [3.05, 3.63) is 41.4 Å². The molecule has 98 valence electrons. The average Bonchev–Trinajstić information content (AvgIpc) is 3.08. The monoisotopic (exact) mass is 268 g/mol. The molecule has 3 heterocycles. The first-order valence-electron chi connectivity index (χ1n) is 5.73. The van der Waals surface area contributed by atoms with Crippen molar-refractivity contribution in [1.82, 2.24) is 25.3 Å². The fourth-order valence-corrected chi connectivity index (χ4v) is 1.66. The zero-order valence-electron chi connectivity index (χ0n) is 10.4. The average molecular weight is 268 g/mol. The molecule has 0 aliphatic heterocycles. The van der Waals surface area contributed by atoms with Crippen LogP contribution >= 0.6 is 0 Å². The zero-order chi connectivity index (χ0) is 13.9. The van der Waals surface area contributed by atoms with Gasteiger partial charge in [-0.3, -0.25) is 0 Å². The summed E-state index contributed by atoms with van der Waals surface area (Å²) in [5.74, 6) is 1.45. The van der Waals surface area contributed by atoms with Crippen LogP contribution < -0.4 is 0 Å². The molecule has 0 bridgehead atoms. The van der Waals surface area contributed by atoms with Gasteiger partial charge in [0.05, 0.1) is 6.42 Å². The molecule has 20 heavy (non-hydrogen) atoms. The van der Waals surface area contributed by atoms with Gasteiger partial charge < -0.3 is 9.05 Å². The Morgan fingerprint density at radius 2 is 1.95 bits per heavy atom. The van der Waals surface area contributed by atoms with Crippen LogP contribution in [0.4, 0.5) is 0 Å². The van der Waals surface area contributed by atoms with E-state index in [9.17, 15) is 0 Å². The van der Waals surface area contributed by atoms with E-state index in [-0.39, 0.29) is 6.42 Å². The second kappa shape index (κ2) is 4.89. The quantitative estimate of drug-likeness (QED) is 0.697. The van der Waals surface area contributed by atoms with Crippen molar-refractivity contribution in [3.8, 4) is 17.7 Å². The molecule has 0 unspecified atom stereocenters. The molecule has 0 saturated carbocycles. The van der Waals surface area contributed by atoms with E-state index in [4.69, 9.17) is 14.3 Å². The van der Waals surface area contributed by atoms with E-state index in [0.29, 0.717) is 34.6 Å². The molecule has 0 aliphatic carbocycles. The fraction of sp³-hybridized carbons (Fsp3) is 0.167. The molecule has 0 amide bonds. The van der Waals surface area contributed by atoms with Gasteiger partial charge in [-0.05, 0) is 13.0 Å². The molecule has 0 spiro atoms. The van der Waals surface area contributed by atoms with Crippen molar-refractivity contribution in [2.75, 3.05) is 0 Å². The number of nitriles is 1. The fourth-order valence-electron chi connectivity index (χ4n) is 1.66. The number of rotatable bonds is 3. The van der Waals surface area contributed by atoms with Crippen LogP contribution in [0.5, 0.6) is 0 Å². The summed E-state index contributed by atoms with van der Waals surface area (Å²) in [7, 11) is 0. The largest absolute Gasteiger partial charge is 0.360 e. The normalized spacial score (nSPS) is 10.4. The third-order valence-corrected chi connectivity index (χ3v) is 2.60. The SMILES string of the molecule is Cc1onc(Cc2nc(-c3ncccn3)no2)c1C#N. The molecule has 0 fully saturated rings. The standard InChI is InChI=1S/C12H8N6O2/c1-7-8(6-13)9(17-19-7)5-10-16-12(18-20-10)11-14-3-2-4-15-11/h2-4H,5H2,1H3. The van der Waals surface area contributed by atoms with Crippen LogP contribution in [0.2, 0.25) is 0 Å². The molecule has 8 nitrogen and oxygen atoms in total. The third-order valence-electron chi connectivity index (χ3n) is 2.60. The van der Waals surface area contributed by atoms with Crippen LogP contribution in [0, 0.1) is 18.3 Å². The summed E-state index contributed by atoms with van der Waals surface area (Å²) in [6, 6.07) is 3.73. The summed E-state index contributed by atoms with van der Waals surface area (Å²) in [6.45, 7) is 1.67. The van der Waals surface area contributed by atoms with Crippen LogP contribution in [-0.4, -0.2) is 25.3 Å². The van der Waals surface area contributed by atoms with Crippen LogP contribution in [0.25, 0.3) is 11.6 Å². The second-order valence-corrected chi connectivity index (χ2v) is 3.93. The van der Waals surface area contributed by atoms with Crippen molar-refractivity contribution in [3.63, 3.8) is 0 Å². The van der Waals surface area contributed by atoms with Gasteiger partial charge in [-0.1, -0.05) is 10.3 Å². The lowest BCUT2D eigenvalue weighted by molar-refractivity contribution is 0.371.